The number of phenols is 1. The SMILES string of the molecule is CCOc1cc(C2c3sc(=O)n(CC(=O)Nc4ccc(OC)cc4)c3SC3C(=O)N(c4cccc(C(F)(F)F)c4)C(=O)C32)ccc1O. The second-order valence-corrected chi connectivity index (χ2v) is 12.8. The van der Waals surface area contributed by atoms with Crippen LogP contribution in [-0.2, 0) is 27.1 Å². The minimum Gasteiger partial charge on any atom is -0.504 e. The number of fused-ring (bicyclic) bond motifs is 2. The molecule has 15 heteroatoms. The molecule has 1 fully saturated rings. The number of amides is 3. The van der Waals surface area contributed by atoms with Crippen molar-refractivity contribution in [1.82, 2.24) is 4.57 Å². The molecule has 2 aliphatic heterocycles. The van der Waals surface area contributed by atoms with Gasteiger partial charge in [0.2, 0.25) is 17.7 Å². The molecule has 1 saturated heterocycles. The molecule has 10 nitrogen and oxygen atoms in total. The standard InChI is InChI=1S/C32H26F3N3O7S2/c1-3-45-22-13-16(7-12-21(22)39)24-25-26(29(42)38(28(25)41)19-6-4-5-17(14-19)32(33,34)35)46-30-27(24)47-31(43)37(30)15-23(40)36-18-8-10-20(44-2)11-9-18/h4-14,24-26,39H,3,15H2,1-2H3,(H,36,40). The van der Waals surface area contributed by atoms with E-state index in [1.54, 1.807) is 31.2 Å². The molecule has 3 unspecified atom stereocenters. The van der Waals surface area contributed by atoms with Crippen LogP contribution in [0.1, 0.15) is 28.8 Å². The van der Waals surface area contributed by atoms with Gasteiger partial charge in [0.25, 0.3) is 0 Å². The highest BCUT2D eigenvalue weighted by Crippen LogP contribution is 2.54. The third-order valence-electron chi connectivity index (χ3n) is 7.80. The van der Waals surface area contributed by atoms with Gasteiger partial charge in [-0.05, 0) is 67.1 Å². The van der Waals surface area contributed by atoms with Gasteiger partial charge in [-0.3, -0.25) is 23.7 Å². The highest BCUT2D eigenvalue weighted by Gasteiger charge is 2.57. The van der Waals surface area contributed by atoms with Crippen molar-refractivity contribution in [3.63, 3.8) is 0 Å². The fraction of sp³-hybridized carbons (Fsp3) is 0.250. The van der Waals surface area contributed by atoms with Gasteiger partial charge in [0.15, 0.2) is 11.5 Å². The predicted molar refractivity (Wildman–Crippen MR) is 168 cm³/mol. The molecular formula is C32H26F3N3O7S2. The summed E-state index contributed by atoms with van der Waals surface area (Å²) in [6, 6.07) is 14.9. The Balaban J connectivity index is 1.42. The first-order valence-electron chi connectivity index (χ1n) is 14.3. The zero-order valence-corrected chi connectivity index (χ0v) is 26.4. The van der Waals surface area contributed by atoms with Crippen molar-refractivity contribution in [2.75, 3.05) is 23.9 Å². The van der Waals surface area contributed by atoms with Gasteiger partial charge in [0, 0.05) is 16.5 Å². The van der Waals surface area contributed by atoms with Crippen LogP contribution < -0.4 is 24.6 Å². The first kappa shape index (κ1) is 32.2. The number of thioether (sulfide) groups is 1. The van der Waals surface area contributed by atoms with Crippen LogP contribution in [0.2, 0.25) is 0 Å². The van der Waals surface area contributed by atoms with E-state index in [4.69, 9.17) is 9.47 Å². The van der Waals surface area contributed by atoms with Crippen molar-refractivity contribution in [1.29, 1.82) is 0 Å². The number of hydrogen-bond acceptors (Lipinski definition) is 9. The third-order valence-corrected chi connectivity index (χ3v) is 10.4. The summed E-state index contributed by atoms with van der Waals surface area (Å²) >= 11 is 1.73. The number of imide groups is 1. The Morgan fingerprint density at radius 1 is 1.02 bits per heavy atom. The van der Waals surface area contributed by atoms with Gasteiger partial charge in [-0.1, -0.05) is 35.2 Å². The maximum atomic E-state index is 14.1. The lowest BCUT2D eigenvalue weighted by Crippen LogP contribution is -2.33. The van der Waals surface area contributed by atoms with Crippen LogP contribution in [0, 0.1) is 5.92 Å². The zero-order valence-electron chi connectivity index (χ0n) is 24.7. The number of methoxy groups -OCH3 is 1. The van der Waals surface area contributed by atoms with Crippen LogP contribution >= 0.6 is 23.1 Å². The van der Waals surface area contributed by atoms with Gasteiger partial charge in [-0.2, -0.15) is 13.2 Å². The van der Waals surface area contributed by atoms with Gasteiger partial charge < -0.3 is 19.9 Å². The van der Waals surface area contributed by atoms with E-state index in [0.717, 1.165) is 46.2 Å². The maximum Gasteiger partial charge on any atom is 0.416 e. The molecule has 6 rings (SSSR count). The topological polar surface area (TPSA) is 127 Å². The third kappa shape index (κ3) is 5.96. The molecule has 3 atom stereocenters. The fourth-order valence-corrected chi connectivity index (χ4v) is 8.48. The number of alkyl halides is 3. The molecule has 47 heavy (non-hydrogen) atoms. The van der Waals surface area contributed by atoms with Gasteiger partial charge in [-0.25, -0.2) is 4.90 Å². The van der Waals surface area contributed by atoms with Crippen LogP contribution in [0.3, 0.4) is 0 Å². The molecule has 0 bridgehead atoms. The summed E-state index contributed by atoms with van der Waals surface area (Å²) in [5.74, 6) is -3.54. The summed E-state index contributed by atoms with van der Waals surface area (Å²) in [6.07, 6.45) is -4.71. The highest BCUT2D eigenvalue weighted by molar-refractivity contribution is 8.00. The first-order chi connectivity index (χ1) is 22.4. The Bertz CT molecular complexity index is 1940. The molecule has 0 aliphatic carbocycles. The van der Waals surface area contributed by atoms with Crippen LogP contribution in [0.15, 0.2) is 76.6 Å². The molecular weight excluding hydrogens is 659 g/mol. The molecule has 2 N–H and O–H groups in total. The number of benzene rings is 3. The van der Waals surface area contributed by atoms with Gasteiger partial charge in [-0.15, -0.1) is 0 Å². The van der Waals surface area contributed by atoms with Gasteiger partial charge in [0.1, 0.15) is 17.5 Å². The summed E-state index contributed by atoms with van der Waals surface area (Å²) in [5, 5.41) is 12.2. The Morgan fingerprint density at radius 2 is 1.77 bits per heavy atom. The second-order valence-electron chi connectivity index (χ2n) is 10.7. The number of nitrogens with one attached hydrogen (secondary N) is 1. The molecule has 3 amide bonds. The normalized spacial score (nSPS) is 18.9. The van der Waals surface area contributed by atoms with E-state index in [-0.39, 0.29) is 28.8 Å². The number of rotatable bonds is 8. The van der Waals surface area contributed by atoms with Crippen LogP contribution in [0.4, 0.5) is 24.5 Å². The Kier molecular flexibility index (Phi) is 8.53. The molecule has 1 aromatic heterocycles. The minimum atomic E-state index is -4.71. The van der Waals surface area contributed by atoms with E-state index >= 15 is 0 Å². The largest absolute Gasteiger partial charge is 0.504 e. The monoisotopic (exact) mass is 685 g/mol. The van der Waals surface area contributed by atoms with Crippen molar-refractivity contribution < 1.29 is 42.1 Å². The summed E-state index contributed by atoms with van der Waals surface area (Å²) in [4.78, 5) is 55.1. The molecule has 0 spiro atoms. The lowest BCUT2D eigenvalue weighted by Gasteiger charge is -2.31. The molecule has 4 aromatic rings. The van der Waals surface area contributed by atoms with E-state index in [0.29, 0.717) is 21.9 Å². The molecule has 3 heterocycles. The Labute approximate surface area is 273 Å². The van der Waals surface area contributed by atoms with Crippen molar-refractivity contribution in [2.24, 2.45) is 5.92 Å². The Hall–Kier alpha value is -4.76. The molecule has 2 aliphatic rings. The van der Waals surface area contributed by atoms with Crippen LogP contribution in [-0.4, -0.2) is 46.4 Å². The van der Waals surface area contributed by atoms with Crippen molar-refractivity contribution >= 4 is 52.2 Å². The van der Waals surface area contributed by atoms with E-state index < -0.39 is 58.0 Å². The Morgan fingerprint density at radius 3 is 2.45 bits per heavy atom. The number of hydrogen-bond donors (Lipinski definition) is 2. The summed E-state index contributed by atoms with van der Waals surface area (Å²) < 4.78 is 52.6. The van der Waals surface area contributed by atoms with E-state index in [2.05, 4.69) is 5.32 Å². The molecule has 0 radical (unpaired) electrons. The highest BCUT2D eigenvalue weighted by atomic mass is 32.2. The average molecular weight is 686 g/mol. The second kappa shape index (κ2) is 12.4. The van der Waals surface area contributed by atoms with E-state index in [1.807, 2.05) is 0 Å². The quantitative estimate of drug-likeness (QED) is 0.234. The number of ether oxygens (including phenoxy) is 2. The maximum absolute atomic E-state index is 14.1. The minimum absolute atomic E-state index is 0.110. The summed E-state index contributed by atoms with van der Waals surface area (Å²) in [7, 11) is 1.51. The number of nitrogens with zero attached hydrogens (tertiary/aromatic N) is 2. The zero-order chi connectivity index (χ0) is 33.6. The number of halogens is 3. The molecule has 244 valence electrons. The number of thiazole rings is 1. The van der Waals surface area contributed by atoms with Crippen molar-refractivity contribution in [2.45, 2.75) is 35.8 Å². The number of anilines is 2. The summed E-state index contributed by atoms with van der Waals surface area (Å²) in [5.41, 5.74) is -0.361. The predicted octanol–water partition coefficient (Wildman–Crippen LogP) is 5.48. The van der Waals surface area contributed by atoms with E-state index in [1.165, 1.54) is 35.9 Å². The lowest BCUT2D eigenvalue weighted by molar-refractivity contribution is -0.137. The smallest absolute Gasteiger partial charge is 0.416 e. The first-order valence-corrected chi connectivity index (χ1v) is 16.0. The average Bonchev–Trinajstić information content (AvgIpc) is 3.48. The van der Waals surface area contributed by atoms with Gasteiger partial charge >= 0.3 is 11.0 Å². The van der Waals surface area contributed by atoms with Crippen LogP contribution in [0.25, 0.3) is 0 Å². The number of carbonyl (C=O) groups excluding carboxylic acids is 3. The van der Waals surface area contributed by atoms with Gasteiger partial charge in [0.05, 0.1) is 35.9 Å². The van der Waals surface area contributed by atoms with Crippen molar-refractivity contribution in [3.05, 3.63) is 92.4 Å². The van der Waals surface area contributed by atoms with E-state index in [9.17, 15) is 37.5 Å². The fourth-order valence-electron chi connectivity index (χ4n) is 5.70. The lowest BCUT2D eigenvalue weighted by atomic mass is 9.83. The number of aromatic nitrogens is 1. The number of carbonyl (C=O) groups is 3. The summed E-state index contributed by atoms with van der Waals surface area (Å²) in [6.45, 7) is 1.52. The molecule has 3 aromatic carbocycles. The van der Waals surface area contributed by atoms with Crippen LogP contribution in [0.5, 0.6) is 17.2 Å². The molecule has 0 saturated carbocycles. The van der Waals surface area contributed by atoms with Crippen molar-refractivity contribution in [3.8, 4) is 17.2 Å². The number of phenolic OH excluding ortho intramolecular Hbond substituents is 1. The number of aromatic hydroxyl groups is 1.